The largest absolute Gasteiger partial charge is 0.376 e. The summed E-state index contributed by atoms with van der Waals surface area (Å²) in [6.07, 6.45) is 7.32. The number of terminal acetylenes is 1. The number of hydrogen-bond donors (Lipinski definition) is 1. The van der Waals surface area contributed by atoms with Gasteiger partial charge in [-0.3, -0.25) is 4.98 Å². The number of aromatic nitrogens is 1. The van der Waals surface area contributed by atoms with Crippen LogP contribution in [-0.4, -0.2) is 10.1 Å². The summed E-state index contributed by atoms with van der Waals surface area (Å²) in [5.74, 6) is 2.20. The van der Waals surface area contributed by atoms with E-state index in [1.165, 1.54) is 6.20 Å². The van der Waals surface area contributed by atoms with Gasteiger partial charge in [0.2, 0.25) is 0 Å². The van der Waals surface area contributed by atoms with E-state index in [0.717, 1.165) is 4.47 Å². The molecular formula is C8H6BrNO. The summed E-state index contributed by atoms with van der Waals surface area (Å²) in [7, 11) is 0. The molecule has 0 radical (unpaired) electrons. The average molecular weight is 212 g/mol. The van der Waals surface area contributed by atoms with Crippen LogP contribution in [0, 0.1) is 12.3 Å². The molecule has 1 aromatic rings. The smallest absolute Gasteiger partial charge is 0.141 e. The molecule has 56 valence electrons. The first-order chi connectivity index (χ1) is 5.24. The molecule has 1 heterocycles. The number of pyridine rings is 1. The van der Waals surface area contributed by atoms with Crippen molar-refractivity contribution in [3.63, 3.8) is 0 Å². The van der Waals surface area contributed by atoms with Gasteiger partial charge in [-0.15, -0.1) is 6.42 Å². The van der Waals surface area contributed by atoms with Gasteiger partial charge >= 0.3 is 0 Å². The molecule has 1 rings (SSSR count). The highest BCUT2D eigenvalue weighted by Gasteiger charge is 2.02. The van der Waals surface area contributed by atoms with Gasteiger partial charge in [0.25, 0.3) is 0 Å². The van der Waals surface area contributed by atoms with E-state index in [2.05, 4.69) is 26.8 Å². The molecular weight excluding hydrogens is 206 g/mol. The molecule has 1 N–H and O–H groups in total. The fourth-order valence-corrected chi connectivity index (χ4v) is 1.06. The summed E-state index contributed by atoms with van der Waals surface area (Å²) in [6.45, 7) is 0. The Balaban J connectivity index is 2.98. The number of aliphatic hydroxyl groups is 1. The highest BCUT2D eigenvalue weighted by molar-refractivity contribution is 9.10. The Morgan fingerprint density at radius 1 is 1.64 bits per heavy atom. The van der Waals surface area contributed by atoms with E-state index in [1.54, 1.807) is 12.3 Å². The lowest BCUT2D eigenvalue weighted by atomic mass is 10.2. The molecule has 11 heavy (non-hydrogen) atoms. The number of hydrogen-bond acceptors (Lipinski definition) is 2. The Morgan fingerprint density at radius 3 is 2.91 bits per heavy atom. The third-order valence-electron chi connectivity index (χ3n) is 1.20. The Morgan fingerprint density at radius 2 is 2.36 bits per heavy atom. The van der Waals surface area contributed by atoms with Crippen LogP contribution in [0.25, 0.3) is 0 Å². The van der Waals surface area contributed by atoms with Gasteiger partial charge in [-0.1, -0.05) is 5.92 Å². The minimum Gasteiger partial charge on any atom is -0.376 e. The lowest BCUT2D eigenvalue weighted by Gasteiger charge is -2.01. The van der Waals surface area contributed by atoms with E-state index in [-0.39, 0.29) is 0 Å². The topological polar surface area (TPSA) is 33.1 Å². The van der Waals surface area contributed by atoms with Crippen molar-refractivity contribution in [3.05, 3.63) is 28.5 Å². The maximum absolute atomic E-state index is 9.16. The van der Waals surface area contributed by atoms with E-state index >= 15 is 0 Å². The predicted molar refractivity (Wildman–Crippen MR) is 45.7 cm³/mol. The normalized spacial score (nSPS) is 12.1. The average Bonchev–Trinajstić information content (AvgIpc) is 2.03. The van der Waals surface area contributed by atoms with E-state index in [4.69, 9.17) is 11.5 Å². The fraction of sp³-hybridized carbons (Fsp3) is 0.125. The Labute approximate surface area is 73.4 Å². The highest BCUT2D eigenvalue weighted by Crippen LogP contribution is 2.15. The molecule has 0 saturated carbocycles. The number of rotatable bonds is 1. The molecule has 0 saturated heterocycles. The molecule has 0 aromatic carbocycles. The highest BCUT2D eigenvalue weighted by atomic mass is 79.9. The zero-order valence-corrected chi connectivity index (χ0v) is 7.25. The quantitative estimate of drug-likeness (QED) is 0.715. The number of halogens is 1. The predicted octanol–water partition coefficient (Wildman–Crippen LogP) is 1.51. The van der Waals surface area contributed by atoms with Crippen LogP contribution in [0.1, 0.15) is 11.7 Å². The first-order valence-electron chi connectivity index (χ1n) is 2.98. The van der Waals surface area contributed by atoms with Crippen molar-refractivity contribution in [3.8, 4) is 12.3 Å². The lowest BCUT2D eigenvalue weighted by molar-refractivity contribution is 0.238. The second kappa shape index (κ2) is 3.51. The summed E-state index contributed by atoms with van der Waals surface area (Å²) >= 11 is 3.22. The standard InChI is InChI=1S/C8H6BrNO/c1-2-8(11)6-3-7(9)5-10-4-6/h1,3-5,8,11H. The van der Waals surface area contributed by atoms with Crippen molar-refractivity contribution in [2.45, 2.75) is 6.10 Å². The molecule has 1 atom stereocenters. The van der Waals surface area contributed by atoms with Crippen LogP contribution in [0.2, 0.25) is 0 Å². The molecule has 1 unspecified atom stereocenters. The maximum Gasteiger partial charge on any atom is 0.141 e. The molecule has 0 aliphatic heterocycles. The zero-order chi connectivity index (χ0) is 8.27. The summed E-state index contributed by atoms with van der Waals surface area (Å²) in [6, 6.07) is 1.73. The van der Waals surface area contributed by atoms with Crippen LogP contribution in [0.5, 0.6) is 0 Å². The molecule has 0 aliphatic carbocycles. The van der Waals surface area contributed by atoms with Gasteiger partial charge < -0.3 is 5.11 Å². The molecule has 0 amide bonds. The van der Waals surface area contributed by atoms with Crippen molar-refractivity contribution < 1.29 is 5.11 Å². The minimum absolute atomic E-state index is 0.627. The maximum atomic E-state index is 9.16. The first-order valence-corrected chi connectivity index (χ1v) is 3.78. The van der Waals surface area contributed by atoms with Crippen molar-refractivity contribution in [1.29, 1.82) is 0 Å². The van der Waals surface area contributed by atoms with Gasteiger partial charge in [0.05, 0.1) is 0 Å². The van der Waals surface area contributed by atoms with Gasteiger partial charge in [0, 0.05) is 22.4 Å². The molecule has 1 aromatic heterocycles. The molecule has 0 spiro atoms. The van der Waals surface area contributed by atoms with Gasteiger partial charge in [-0.05, 0) is 22.0 Å². The van der Waals surface area contributed by atoms with E-state index in [9.17, 15) is 0 Å². The monoisotopic (exact) mass is 211 g/mol. The van der Waals surface area contributed by atoms with Gasteiger partial charge in [0.1, 0.15) is 6.10 Å². The summed E-state index contributed by atoms with van der Waals surface area (Å²) < 4.78 is 0.810. The first kappa shape index (κ1) is 8.25. The third kappa shape index (κ3) is 2.04. The Hall–Kier alpha value is -0.850. The van der Waals surface area contributed by atoms with E-state index in [0.29, 0.717) is 5.56 Å². The summed E-state index contributed by atoms with van der Waals surface area (Å²) in [5, 5.41) is 9.16. The van der Waals surface area contributed by atoms with Gasteiger partial charge in [-0.25, -0.2) is 0 Å². The molecule has 0 bridgehead atoms. The summed E-state index contributed by atoms with van der Waals surface area (Å²) in [4.78, 5) is 3.85. The fourth-order valence-electron chi connectivity index (χ4n) is 0.674. The Kier molecular flexibility index (Phi) is 2.64. The lowest BCUT2D eigenvalue weighted by Crippen LogP contribution is -1.93. The zero-order valence-electron chi connectivity index (χ0n) is 5.66. The van der Waals surface area contributed by atoms with Crippen LogP contribution in [0.4, 0.5) is 0 Å². The van der Waals surface area contributed by atoms with Crippen molar-refractivity contribution in [1.82, 2.24) is 4.98 Å². The van der Waals surface area contributed by atoms with Gasteiger partial charge in [0.15, 0.2) is 0 Å². The van der Waals surface area contributed by atoms with Crippen molar-refractivity contribution in [2.24, 2.45) is 0 Å². The molecule has 3 heteroatoms. The van der Waals surface area contributed by atoms with Crippen LogP contribution >= 0.6 is 15.9 Å². The number of aliphatic hydroxyl groups excluding tert-OH is 1. The second-order valence-electron chi connectivity index (χ2n) is 2.01. The molecule has 0 aliphatic rings. The Bertz CT molecular complexity index is 292. The summed E-state index contributed by atoms with van der Waals surface area (Å²) in [5.41, 5.74) is 0.627. The van der Waals surface area contributed by atoms with Crippen molar-refractivity contribution >= 4 is 15.9 Å². The molecule has 0 fully saturated rings. The van der Waals surface area contributed by atoms with Crippen LogP contribution < -0.4 is 0 Å². The SMILES string of the molecule is C#CC(O)c1cncc(Br)c1. The van der Waals surface area contributed by atoms with Crippen molar-refractivity contribution in [2.75, 3.05) is 0 Å². The van der Waals surface area contributed by atoms with Crippen LogP contribution in [-0.2, 0) is 0 Å². The van der Waals surface area contributed by atoms with E-state index in [1.807, 2.05) is 0 Å². The van der Waals surface area contributed by atoms with Gasteiger partial charge in [-0.2, -0.15) is 0 Å². The minimum atomic E-state index is -0.861. The molecule has 2 nitrogen and oxygen atoms in total. The van der Waals surface area contributed by atoms with Crippen LogP contribution in [0.15, 0.2) is 22.9 Å². The van der Waals surface area contributed by atoms with E-state index < -0.39 is 6.10 Å². The number of nitrogens with zero attached hydrogens (tertiary/aromatic N) is 1. The second-order valence-corrected chi connectivity index (χ2v) is 2.92. The van der Waals surface area contributed by atoms with Crippen LogP contribution in [0.3, 0.4) is 0 Å². The third-order valence-corrected chi connectivity index (χ3v) is 1.63.